The molecule has 196 valence electrons. The second-order valence-electron chi connectivity index (χ2n) is 9.08. The SMILES string of the molecule is N#Cc1c(/C(=C(/c2ccc(F)cc2C(F)(F)F)C2CC2)c2ccc(/C=C/C(=O)O)cc2)ccc2n[nH]c(F)c12. The molecule has 1 heterocycles. The molecule has 0 radical (unpaired) electrons. The number of rotatable bonds is 6. The van der Waals surface area contributed by atoms with Gasteiger partial charge >= 0.3 is 12.1 Å². The number of H-pyrrole nitrogens is 1. The highest BCUT2D eigenvalue weighted by Crippen LogP contribution is 2.51. The molecule has 4 aromatic rings. The van der Waals surface area contributed by atoms with E-state index in [4.69, 9.17) is 5.11 Å². The van der Waals surface area contributed by atoms with Gasteiger partial charge in [0.15, 0.2) is 0 Å². The van der Waals surface area contributed by atoms with E-state index in [0.717, 1.165) is 18.2 Å². The Labute approximate surface area is 218 Å². The van der Waals surface area contributed by atoms with Crippen LogP contribution >= 0.6 is 0 Å². The summed E-state index contributed by atoms with van der Waals surface area (Å²) in [7, 11) is 0. The zero-order chi connectivity index (χ0) is 27.9. The standard InChI is InChI=1S/C29H18F5N3O2/c30-18-8-9-20(22(13-18)29(32,33)34)26(17-6-7-17)25(16-4-1-15(2-5-16)3-12-24(38)39)19-10-11-23-27(21(19)14-35)28(31)37-36-23/h1-5,8-13,17H,6-7H2,(H,36,37)(H,38,39)/b12-3+,26-25+. The van der Waals surface area contributed by atoms with Gasteiger partial charge in [-0.15, -0.1) is 0 Å². The van der Waals surface area contributed by atoms with E-state index in [1.54, 1.807) is 24.3 Å². The van der Waals surface area contributed by atoms with Crippen LogP contribution in [0.5, 0.6) is 0 Å². The zero-order valence-corrected chi connectivity index (χ0v) is 20.0. The van der Waals surface area contributed by atoms with E-state index >= 15 is 0 Å². The minimum atomic E-state index is -4.87. The van der Waals surface area contributed by atoms with Crippen LogP contribution in [0.15, 0.2) is 60.7 Å². The van der Waals surface area contributed by atoms with Crippen LogP contribution < -0.4 is 0 Å². The number of hydrogen-bond donors (Lipinski definition) is 2. The summed E-state index contributed by atoms with van der Waals surface area (Å²) in [6.07, 6.45) is -1.44. The van der Waals surface area contributed by atoms with Crippen LogP contribution in [-0.4, -0.2) is 21.3 Å². The Hall–Kier alpha value is -4.78. The average Bonchev–Trinajstić information content (AvgIpc) is 3.67. The van der Waals surface area contributed by atoms with Crippen molar-refractivity contribution in [1.29, 1.82) is 5.26 Å². The molecule has 10 heteroatoms. The van der Waals surface area contributed by atoms with Gasteiger partial charge in [-0.25, -0.2) is 9.18 Å². The molecule has 0 saturated heterocycles. The predicted octanol–water partition coefficient (Wildman–Crippen LogP) is 7.20. The first-order chi connectivity index (χ1) is 18.6. The predicted molar refractivity (Wildman–Crippen MR) is 134 cm³/mol. The summed E-state index contributed by atoms with van der Waals surface area (Å²) in [6, 6.07) is 13.8. The van der Waals surface area contributed by atoms with E-state index in [1.165, 1.54) is 18.2 Å². The molecular weight excluding hydrogens is 517 g/mol. The van der Waals surface area contributed by atoms with Gasteiger partial charge < -0.3 is 5.11 Å². The van der Waals surface area contributed by atoms with Crippen LogP contribution in [0.4, 0.5) is 22.0 Å². The van der Waals surface area contributed by atoms with E-state index in [2.05, 4.69) is 10.2 Å². The summed E-state index contributed by atoms with van der Waals surface area (Å²) in [6.45, 7) is 0. The number of nitrogens with zero attached hydrogens (tertiary/aromatic N) is 2. The Balaban J connectivity index is 1.87. The first-order valence-electron chi connectivity index (χ1n) is 11.8. The molecule has 0 amide bonds. The third-order valence-corrected chi connectivity index (χ3v) is 6.51. The fourth-order valence-corrected chi connectivity index (χ4v) is 4.70. The molecule has 1 aromatic heterocycles. The fraction of sp³-hybridized carbons (Fsp3) is 0.138. The number of aliphatic carboxylic acids is 1. The number of carboxylic acid groups (broad SMARTS) is 1. The van der Waals surface area contributed by atoms with Crippen molar-refractivity contribution in [2.24, 2.45) is 5.92 Å². The number of carbonyl (C=O) groups is 1. The van der Waals surface area contributed by atoms with Crippen molar-refractivity contribution in [1.82, 2.24) is 10.2 Å². The molecule has 0 aliphatic heterocycles. The second-order valence-corrected chi connectivity index (χ2v) is 9.08. The number of nitrogens with one attached hydrogen (secondary N) is 1. The van der Waals surface area contributed by atoms with E-state index in [1.807, 2.05) is 6.07 Å². The van der Waals surface area contributed by atoms with Crippen molar-refractivity contribution < 1.29 is 31.9 Å². The Bertz CT molecular complexity index is 1710. The van der Waals surface area contributed by atoms with Gasteiger partial charge in [-0.3, -0.25) is 5.10 Å². The van der Waals surface area contributed by atoms with Crippen LogP contribution in [0.25, 0.3) is 28.1 Å². The number of fused-ring (bicyclic) bond motifs is 1. The third-order valence-electron chi connectivity index (χ3n) is 6.51. The third kappa shape index (κ3) is 5.03. The highest BCUT2D eigenvalue weighted by Gasteiger charge is 2.39. The van der Waals surface area contributed by atoms with E-state index < -0.39 is 29.5 Å². The lowest BCUT2D eigenvalue weighted by atomic mass is 9.83. The minimum absolute atomic E-state index is 0.0983. The van der Waals surface area contributed by atoms with Gasteiger partial charge in [0.1, 0.15) is 11.9 Å². The van der Waals surface area contributed by atoms with Crippen molar-refractivity contribution in [2.45, 2.75) is 19.0 Å². The molecule has 39 heavy (non-hydrogen) atoms. The number of aromatic amines is 1. The Morgan fingerprint density at radius 2 is 1.74 bits per heavy atom. The zero-order valence-electron chi connectivity index (χ0n) is 20.0. The van der Waals surface area contributed by atoms with Crippen LogP contribution in [0, 0.1) is 29.0 Å². The molecule has 1 fully saturated rings. The van der Waals surface area contributed by atoms with Crippen LogP contribution in [-0.2, 0) is 11.0 Å². The van der Waals surface area contributed by atoms with Crippen molar-refractivity contribution in [3.63, 3.8) is 0 Å². The normalized spacial score (nSPS) is 14.5. The Morgan fingerprint density at radius 3 is 2.36 bits per heavy atom. The summed E-state index contributed by atoms with van der Waals surface area (Å²) in [4.78, 5) is 10.9. The van der Waals surface area contributed by atoms with E-state index in [0.29, 0.717) is 30.0 Å². The number of allylic oxidation sites excluding steroid dienone is 1. The summed E-state index contributed by atoms with van der Waals surface area (Å²) in [5, 5.41) is 24.9. The molecule has 0 bridgehead atoms. The van der Waals surface area contributed by atoms with Crippen molar-refractivity contribution in [3.8, 4) is 6.07 Å². The molecule has 2 N–H and O–H groups in total. The van der Waals surface area contributed by atoms with Gasteiger partial charge in [0.25, 0.3) is 0 Å². The van der Waals surface area contributed by atoms with Crippen LogP contribution in [0.3, 0.4) is 0 Å². The lowest BCUT2D eigenvalue weighted by Crippen LogP contribution is -2.11. The molecule has 3 aromatic carbocycles. The molecule has 5 rings (SSSR count). The highest BCUT2D eigenvalue weighted by molar-refractivity contribution is 6.04. The molecule has 1 aliphatic carbocycles. The molecule has 0 unspecified atom stereocenters. The highest BCUT2D eigenvalue weighted by atomic mass is 19.4. The van der Waals surface area contributed by atoms with Gasteiger partial charge in [0.2, 0.25) is 5.95 Å². The first kappa shape index (κ1) is 25.9. The topological polar surface area (TPSA) is 89.8 Å². The summed E-state index contributed by atoms with van der Waals surface area (Å²) >= 11 is 0. The molecular formula is C29H18F5N3O2. The maximum absolute atomic E-state index is 14.7. The summed E-state index contributed by atoms with van der Waals surface area (Å²) in [5.41, 5.74) is 0.329. The largest absolute Gasteiger partial charge is 0.478 e. The molecule has 5 nitrogen and oxygen atoms in total. The van der Waals surface area contributed by atoms with Gasteiger partial charge in [-0.2, -0.15) is 27.9 Å². The van der Waals surface area contributed by atoms with Gasteiger partial charge in [-0.1, -0.05) is 36.4 Å². The smallest absolute Gasteiger partial charge is 0.417 e. The van der Waals surface area contributed by atoms with Crippen LogP contribution in [0.1, 0.15) is 46.2 Å². The number of alkyl halides is 3. The van der Waals surface area contributed by atoms with E-state index in [9.17, 15) is 32.0 Å². The fourth-order valence-electron chi connectivity index (χ4n) is 4.70. The summed E-state index contributed by atoms with van der Waals surface area (Å²) < 4.78 is 71.1. The molecule has 0 atom stereocenters. The number of nitriles is 1. The quantitative estimate of drug-likeness (QED) is 0.155. The van der Waals surface area contributed by atoms with Gasteiger partial charge in [0.05, 0.1) is 22.0 Å². The lowest BCUT2D eigenvalue weighted by Gasteiger charge is -2.21. The van der Waals surface area contributed by atoms with Crippen LogP contribution in [0.2, 0.25) is 0 Å². The number of benzene rings is 3. The number of hydrogen-bond acceptors (Lipinski definition) is 3. The second kappa shape index (κ2) is 9.83. The monoisotopic (exact) mass is 535 g/mol. The number of aromatic nitrogens is 2. The lowest BCUT2D eigenvalue weighted by molar-refractivity contribution is -0.138. The Morgan fingerprint density at radius 1 is 1.05 bits per heavy atom. The minimum Gasteiger partial charge on any atom is -0.478 e. The van der Waals surface area contributed by atoms with Gasteiger partial charge in [0, 0.05) is 11.6 Å². The number of carboxylic acids is 1. The van der Waals surface area contributed by atoms with Gasteiger partial charge in [-0.05, 0) is 70.9 Å². The van der Waals surface area contributed by atoms with E-state index in [-0.39, 0.29) is 44.7 Å². The average molecular weight is 535 g/mol. The first-order valence-corrected chi connectivity index (χ1v) is 11.8. The van der Waals surface area contributed by atoms with Crippen molar-refractivity contribution in [3.05, 3.63) is 106 Å². The summed E-state index contributed by atoms with van der Waals surface area (Å²) in [5.74, 6) is -3.38. The molecule has 0 spiro atoms. The number of halogens is 5. The van der Waals surface area contributed by atoms with Crippen molar-refractivity contribution in [2.75, 3.05) is 0 Å². The molecule has 1 saturated carbocycles. The maximum Gasteiger partial charge on any atom is 0.417 e. The van der Waals surface area contributed by atoms with Crippen molar-refractivity contribution >= 4 is 34.1 Å². The maximum atomic E-state index is 14.7. The Kier molecular flexibility index (Phi) is 6.52. The molecule has 1 aliphatic rings.